The Morgan fingerprint density at radius 3 is 2.67 bits per heavy atom. The first kappa shape index (κ1) is 26.6. The predicted molar refractivity (Wildman–Crippen MR) is 121 cm³/mol. The first-order valence-electron chi connectivity index (χ1n) is 10.7. The van der Waals surface area contributed by atoms with Crippen molar-refractivity contribution in [2.75, 3.05) is 18.6 Å². The Labute approximate surface area is 196 Å². The predicted octanol–water partition coefficient (Wildman–Crippen LogP) is -1.54. The van der Waals surface area contributed by atoms with Gasteiger partial charge in [0.15, 0.2) is 6.04 Å². The SMILES string of the molecule is CSCCC(NC(=O)C(N)Cc1cnc[nH]1)C(=O)N1CCCC1C(=O)NC(C(=O)O)C(C)O. The summed E-state index contributed by atoms with van der Waals surface area (Å²) in [5.74, 6) is -2.34. The van der Waals surface area contributed by atoms with Crippen LogP contribution in [0.1, 0.15) is 31.9 Å². The molecule has 1 aromatic rings. The van der Waals surface area contributed by atoms with E-state index in [4.69, 9.17) is 5.73 Å². The summed E-state index contributed by atoms with van der Waals surface area (Å²) in [6, 6.07) is -4.14. The molecule has 2 heterocycles. The summed E-state index contributed by atoms with van der Waals surface area (Å²) in [5.41, 5.74) is 6.68. The van der Waals surface area contributed by atoms with E-state index in [2.05, 4.69) is 20.6 Å². The molecule has 1 aliphatic heterocycles. The van der Waals surface area contributed by atoms with Crippen molar-refractivity contribution in [3.63, 3.8) is 0 Å². The number of rotatable bonds is 12. The molecule has 0 aliphatic carbocycles. The van der Waals surface area contributed by atoms with Crippen LogP contribution in [-0.4, -0.2) is 97.6 Å². The van der Waals surface area contributed by atoms with Gasteiger partial charge in [-0.2, -0.15) is 11.8 Å². The zero-order chi connectivity index (χ0) is 24.5. The second kappa shape index (κ2) is 12.6. The minimum Gasteiger partial charge on any atom is -0.480 e. The number of carboxylic acids is 1. The molecule has 5 atom stereocenters. The molecule has 0 bridgehead atoms. The molecule has 33 heavy (non-hydrogen) atoms. The van der Waals surface area contributed by atoms with Crippen molar-refractivity contribution in [3.8, 4) is 0 Å². The van der Waals surface area contributed by atoms with E-state index >= 15 is 0 Å². The maximum Gasteiger partial charge on any atom is 0.328 e. The molecule has 0 spiro atoms. The number of thioether (sulfide) groups is 1. The van der Waals surface area contributed by atoms with Crippen LogP contribution in [0.5, 0.6) is 0 Å². The zero-order valence-electron chi connectivity index (χ0n) is 18.7. The number of H-pyrrole nitrogens is 1. The fraction of sp³-hybridized carbons (Fsp3) is 0.650. The van der Waals surface area contributed by atoms with Crippen LogP contribution < -0.4 is 16.4 Å². The van der Waals surface area contributed by atoms with E-state index in [0.717, 1.165) is 0 Å². The topological polar surface area (TPSA) is 191 Å². The van der Waals surface area contributed by atoms with Gasteiger partial charge in [-0.1, -0.05) is 0 Å². The number of nitrogens with two attached hydrogens (primary N) is 1. The largest absolute Gasteiger partial charge is 0.480 e. The average Bonchev–Trinajstić information content (AvgIpc) is 3.45. The molecule has 1 fully saturated rings. The fourth-order valence-corrected chi connectivity index (χ4v) is 4.11. The molecular formula is C20H32N6O6S. The highest BCUT2D eigenvalue weighted by Gasteiger charge is 2.39. The van der Waals surface area contributed by atoms with Crippen LogP contribution in [-0.2, 0) is 25.6 Å². The van der Waals surface area contributed by atoms with Gasteiger partial charge < -0.3 is 36.5 Å². The Morgan fingerprint density at radius 2 is 2.09 bits per heavy atom. The van der Waals surface area contributed by atoms with Gasteiger partial charge in [-0.3, -0.25) is 14.4 Å². The first-order valence-corrected chi connectivity index (χ1v) is 12.1. The highest BCUT2D eigenvalue weighted by molar-refractivity contribution is 7.98. The third-order valence-electron chi connectivity index (χ3n) is 5.44. The lowest BCUT2D eigenvalue weighted by atomic mass is 10.1. The number of carboxylic acid groups (broad SMARTS) is 1. The van der Waals surface area contributed by atoms with Gasteiger partial charge in [-0.15, -0.1) is 0 Å². The molecule has 5 unspecified atom stereocenters. The Hall–Kier alpha value is -2.64. The van der Waals surface area contributed by atoms with Crippen LogP contribution in [0.2, 0.25) is 0 Å². The molecule has 2 rings (SSSR count). The quantitative estimate of drug-likeness (QED) is 0.204. The van der Waals surface area contributed by atoms with Crippen molar-refractivity contribution in [2.24, 2.45) is 5.73 Å². The standard InChI is InChI=1S/C20H32N6O6S/c1-11(27)16(20(31)32)25-18(29)15-4-3-6-26(15)19(30)14(5-7-33-2)24-17(28)13(21)8-12-9-22-10-23-12/h9-11,13-16,27H,3-8,21H2,1-2H3,(H,22,23)(H,24,28)(H,25,29)(H,31,32). The Balaban J connectivity index is 2.08. The monoisotopic (exact) mass is 484 g/mol. The number of hydrogen-bond acceptors (Lipinski definition) is 8. The molecule has 0 radical (unpaired) electrons. The fourth-order valence-electron chi connectivity index (χ4n) is 3.64. The number of hydrogen-bond donors (Lipinski definition) is 6. The molecule has 184 valence electrons. The van der Waals surface area contributed by atoms with Crippen molar-refractivity contribution >= 4 is 35.5 Å². The molecule has 1 aromatic heterocycles. The van der Waals surface area contributed by atoms with E-state index in [1.165, 1.54) is 29.9 Å². The van der Waals surface area contributed by atoms with E-state index in [0.29, 0.717) is 37.3 Å². The van der Waals surface area contributed by atoms with Gasteiger partial charge in [0, 0.05) is 24.9 Å². The summed E-state index contributed by atoms with van der Waals surface area (Å²) in [6.07, 6.45) is 5.09. The van der Waals surface area contributed by atoms with Crippen molar-refractivity contribution in [3.05, 3.63) is 18.2 Å². The second-order valence-corrected chi connectivity index (χ2v) is 8.97. The van der Waals surface area contributed by atoms with E-state index in [1.807, 2.05) is 6.26 Å². The Bertz CT molecular complexity index is 820. The number of aliphatic hydroxyl groups is 1. The summed E-state index contributed by atoms with van der Waals surface area (Å²) in [7, 11) is 0. The first-order chi connectivity index (χ1) is 15.6. The third-order valence-corrected chi connectivity index (χ3v) is 6.09. The van der Waals surface area contributed by atoms with Crippen LogP contribution in [0.3, 0.4) is 0 Å². The number of amides is 3. The maximum absolute atomic E-state index is 13.3. The van der Waals surface area contributed by atoms with Gasteiger partial charge in [-0.05, 0) is 38.2 Å². The van der Waals surface area contributed by atoms with Crippen LogP contribution in [0, 0.1) is 0 Å². The molecule has 1 saturated heterocycles. The number of likely N-dealkylation sites (tertiary alicyclic amines) is 1. The second-order valence-electron chi connectivity index (χ2n) is 7.98. The number of imidazole rings is 1. The highest BCUT2D eigenvalue weighted by Crippen LogP contribution is 2.20. The number of nitrogens with one attached hydrogen (secondary N) is 3. The molecule has 0 aromatic carbocycles. The van der Waals surface area contributed by atoms with Gasteiger partial charge in [0.05, 0.1) is 18.5 Å². The van der Waals surface area contributed by atoms with Gasteiger partial charge in [0.25, 0.3) is 0 Å². The van der Waals surface area contributed by atoms with Gasteiger partial charge in [-0.25, -0.2) is 9.78 Å². The van der Waals surface area contributed by atoms with Crippen molar-refractivity contribution < 1.29 is 29.4 Å². The zero-order valence-corrected chi connectivity index (χ0v) is 19.5. The average molecular weight is 485 g/mol. The van der Waals surface area contributed by atoms with Crippen LogP contribution in [0.4, 0.5) is 0 Å². The molecular weight excluding hydrogens is 452 g/mol. The lowest BCUT2D eigenvalue weighted by Crippen LogP contribution is -2.58. The molecule has 13 heteroatoms. The number of carbonyl (C=O) groups excluding carboxylic acids is 3. The normalized spacial score (nSPS) is 19.4. The lowest BCUT2D eigenvalue weighted by Gasteiger charge is -2.30. The number of carbonyl (C=O) groups is 4. The summed E-state index contributed by atoms with van der Waals surface area (Å²) in [4.78, 5) is 58.1. The highest BCUT2D eigenvalue weighted by atomic mass is 32.2. The number of aromatic amines is 1. The van der Waals surface area contributed by atoms with Gasteiger partial charge >= 0.3 is 5.97 Å². The summed E-state index contributed by atoms with van der Waals surface area (Å²) in [5, 5.41) is 23.9. The van der Waals surface area contributed by atoms with Crippen LogP contribution in [0.15, 0.2) is 12.5 Å². The molecule has 1 aliphatic rings. The lowest BCUT2D eigenvalue weighted by molar-refractivity contribution is -0.147. The van der Waals surface area contributed by atoms with Crippen molar-refractivity contribution in [2.45, 2.75) is 62.9 Å². The number of aromatic nitrogens is 2. The van der Waals surface area contributed by atoms with E-state index in [-0.39, 0.29) is 6.42 Å². The van der Waals surface area contributed by atoms with E-state index in [1.54, 1.807) is 6.20 Å². The van der Waals surface area contributed by atoms with E-state index in [9.17, 15) is 29.4 Å². The Kier molecular flexibility index (Phi) is 10.1. The summed E-state index contributed by atoms with van der Waals surface area (Å²) in [6.45, 7) is 1.56. The maximum atomic E-state index is 13.3. The summed E-state index contributed by atoms with van der Waals surface area (Å²) >= 11 is 1.51. The number of aliphatic carboxylic acids is 1. The Morgan fingerprint density at radius 1 is 1.36 bits per heavy atom. The van der Waals surface area contributed by atoms with Crippen molar-refractivity contribution in [1.29, 1.82) is 0 Å². The van der Waals surface area contributed by atoms with Crippen LogP contribution >= 0.6 is 11.8 Å². The molecule has 7 N–H and O–H groups in total. The molecule has 12 nitrogen and oxygen atoms in total. The summed E-state index contributed by atoms with van der Waals surface area (Å²) < 4.78 is 0. The van der Waals surface area contributed by atoms with Gasteiger partial charge in [0.1, 0.15) is 12.1 Å². The van der Waals surface area contributed by atoms with Gasteiger partial charge in [0.2, 0.25) is 17.7 Å². The molecule has 0 saturated carbocycles. The minimum atomic E-state index is -1.48. The van der Waals surface area contributed by atoms with Crippen LogP contribution in [0.25, 0.3) is 0 Å². The van der Waals surface area contributed by atoms with Crippen molar-refractivity contribution in [1.82, 2.24) is 25.5 Å². The smallest absolute Gasteiger partial charge is 0.328 e. The number of aliphatic hydroxyl groups excluding tert-OH is 1. The number of nitrogens with zero attached hydrogens (tertiary/aromatic N) is 2. The molecule has 3 amide bonds. The van der Waals surface area contributed by atoms with E-state index < -0.39 is 54.0 Å². The third kappa shape index (κ3) is 7.44. The minimum absolute atomic E-state index is 0.222.